The second kappa shape index (κ2) is 10.2. The van der Waals surface area contributed by atoms with Gasteiger partial charge in [0.25, 0.3) is 0 Å². The molecule has 3 unspecified atom stereocenters. The lowest BCUT2D eigenvalue weighted by molar-refractivity contribution is -0.143. The van der Waals surface area contributed by atoms with E-state index in [0.29, 0.717) is 0 Å². The van der Waals surface area contributed by atoms with E-state index in [0.717, 1.165) is 22.3 Å². The molecule has 2 aromatic carbocycles. The number of aliphatic carboxylic acids is 1. The summed E-state index contributed by atoms with van der Waals surface area (Å²) in [5, 5.41) is 14.7. The van der Waals surface area contributed by atoms with Crippen molar-refractivity contribution in [3.05, 3.63) is 59.7 Å². The van der Waals surface area contributed by atoms with Gasteiger partial charge < -0.3 is 25.2 Å². The van der Waals surface area contributed by atoms with Crippen molar-refractivity contribution in [1.29, 1.82) is 0 Å². The average molecular weight is 477 g/mol. The second-order valence-electron chi connectivity index (χ2n) is 8.95. The number of hydrogen-bond acceptors (Lipinski definition) is 5. The zero-order valence-electron chi connectivity index (χ0n) is 19.7. The molecule has 2 aromatic rings. The van der Waals surface area contributed by atoms with E-state index in [-0.39, 0.29) is 32.2 Å². The summed E-state index contributed by atoms with van der Waals surface area (Å²) in [6.45, 7) is 3.53. The van der Waals surface area contributed by atoms with Crippen LogP contribution in [0.5, 0.6) is 0 Å². The minimum Gasteiger partial charge on any atom is -0.480 e. The van der Waals surface area contributed by atoms with Crippen LogP contribution in [0, 0.1) is 17.3 Å². The molecule has 35 heavy (non-hydrogen) atoms. The second-order valence-corrected chi connectivity index (χ2v) is 8.95. The van der Waals surface area contributed by atoms with Crippen molar-refractivity contribution in [2.24, 2.45) is 5.41 Å². The van der Waals surface area contributed by atoms with Gasteiger partial charge in [-0.1, -0.05) is 48.5 Å². The topological polar surface area (TPSA) is 114 Å². The van der Waals surface area contributed by atoms with Gasteiger partial charge in [-0.15, -0.1) is 11.8 Å². The lowest BCUT2D eigenvalue weighted by atomic mass is 9.84. The Kier molecular flexibility index (Phi) is 7.08. The molecule has 1 aliphatic heterocycles. The fourth-order valence-electron chi connectivity index (χ4n) is 4.61. The van der Waals surface area contributed by atoms with Crippen LogP contribution in [0.4, 0.5) is 4.79 Å². The standard InChI is InChI=1S/C27H28N2O6/c1-3-4-13-22(24(30)31)28-25(32)27(2)16-34-15-23(27)29-26(33)35-14-21-19-11-7-5-9-17(19)18-10-6-8-12-20(18)21/h5-12,21-23H,13-16H2,1-2H3,(H,28,32)(H,29,33)(H,30,31). The largest absolute Gasteiger partial charge is 0.480 e. The quantitative estimate of drug-likeness (QED) is 0.530. The minimum atomic E-state index is -1.18. The molecule has 1 heterocycles. The van der Waals surface area contributed by atoms with Crippen LogP contribution in [0.15, 0.2) is 48.5 Å². The number of nitrogens with one attached hydrogen (secondary N) is 2. The number of hydrogen-bond donors (Lipinski definition) is 3. The summed E-state index contributed by atoms with van der Waals surface area (Å²) >= 11 is 0. The highest BCUT2D eigenvalue weighted by atomic mass is 16.5. The summed E-state index contributed by atoms with van der Waals surface area (Å²) in [6.07, 6.45) is -0.674. The maximum Gasteiger partial charge on any atom is 0.407 e. The number of carboxylic acid groups (broad SMARTS) is 1. The normalized spacial score (nSPS) is 21.1. The summed E-state index contributed by atoms with van der Waals surface area (Å²) in [5.74, 6) is 3.51. The third-order valence-electron chi connectivity index (χ3n) is 6.70. The molecule has 2 amide bonds. The number of benzene rings is 2. The van der Waals surface area contributed by atoms with Crippen LogP contribution < -0.4 is 10.6 Å². The molecular weight excluding hydrogens is 448 g/mol. The molecule has 0 radical (unpaired) electrons. The minimum absolute atomic E-state index is 0.0149. The molecular formula is C27H28N2O6. The van der Waals surface area contributed by atoms with Gasteiger partial charge in [-0.2, -0.15) is 0 Å². The van der Waals surface area contributed by atoms with E-state index in [9.17, 15) is 19.5 Å². The van der Waals surface area contributed by atoms with Gasteiger partial charge in [-0.05, 0) is 36.1 Å². The molecule has 8 nitrogen and oxygen atoms in total. The number of rotatable bonds is 7. The van der Waals surface area contributed by atoms with E-state index < -0.39 is 35.5 Å². The maximum atomic E-state index is 13.0. The Morgan fingerprint density at radius 3 is 2.37 bits per heavy atom. The van der Waals surface area contributed by atoms with Gasteiger partial charge in [0.15, 0.2) is 0 Å². The lowest BCUT2D eigenvalue weighted by Crippen LogP contribution is -2.56. The number of carboxylic acids is 1. The predicted octanol–water partition coefficient (Wildman–Crippen LogP) is 2.91. The molecule has 2 aliphatic rings. The third-order valence-corrected chi connectivity index (χ3v) is 6.70. The van der Waals surface area contributed by atoms with Crippen molar-refractivity contribution in [3.63, 3.8) is 0 Å². The highest BCUT2D eigenvalue weighted by molar-refractivity contribution is 5.89. The monoisotopic (exact) mass is 476 g/mol. The number of carbonyl (C=O) groups is 3. The van der Waals surface area contributed by atoms with Gasteiger partial charge >= 0.3 is 12.1 Å². The van der Waals surface area contributed by atoms with Crippen molar-refractivity contribution >= 4 is 18.0 Å². The Hall–Kier alpha value is -3.83. The first-order chi connectivity index (χ1) is 16.8. The Bertz CT molecular complexity index is 1150. The molecule has 1 fully saturated rings. The van der Waals surface area contributed by atoms with Gasteiger partial charge in [-0.3, -0.25) is 4.79 Å². The van der Waals surface area contributed by atoms with Crippen molar-refractivity contribution in [1.82, 2.24) is 10.6 Å². The first-order valence-electron chi connectivity index (χ1n) is 11.5. The summed E-state index contributed by atoms with van der Waals surface area (Å²) in [6, 6.07) is 14.3. The van der Waals surface area contributed by atoms with Crippen LogP contribution in [0.2, 0.25) is 0 Å². The van der Waals surface area contributed by atoms with Crippen molar-refractivity contribution in [2.45, 2.75) is 38.3 Å². The zero-order chi connectivity index (χ0) is 25.0. The third kappa shape index (κ3) is 4.86. The molecule has 4 rings (SSSR count). The van der Waals surface area contributed by atoms with E-state index in [1.54, 1.807) is 13.8 Å². The highest BCUT2D eigenvalue weighted by Gasteiger charge is 2.48. The van der Waals surface area contributed by atoms with E-state index in [1.807, 2.05) is 36.4 Å². The van der Waals surface area contributed by atoms with E-state index in [1.165, 1.54) is 0 Å². The Balaban J connectivity index is 1.40. The van der Waals surface area contributed by atoms with Gasteiger partial charge in [0.05, 0.1) is 24.7 Å². The van der Waals surface area contributed by atoms with Crippen LogP contribution in [-0.4, -0.2) is 55.0 Å². The Morgan fingerprint density at radius 1 is 1.14 bits per heavy atom. The Labute approximate surface area is 204 Å². The fourth-order valence-corrected chi connectivity index (χ4v) is 4.61. The summed E-state index contributed by atoms with van der Waals surface area (Å²) in [7, 11) is 0. The predicted molar refractivity (Wildman–Crippen MR) is 129 cm³/mol. The first-order valence-corrected chi connectivity index (χ1v) is 11.5. The number of fused-ring (bicyclic) bond motifs is 3. The van der Waals surface area contributed by atoms with Crippen LogP contribution in [0.3, 0.4) is 0 Å². The molecule has 3 atom stereocenters. The summed E-state index contributed by atoms with van der Waals surface area (Å²) in [5.41, 5.74) is 3.31. The molecule has 0 aromatic heterocycles. The van der Waals surface area contributed by atoms with E-state index in [2.05, 4.69) is 34.6 Å². The molecule has 0 bridgehead atoms. The molecule has 0 spiro atoms. The number of ether oxygens (including phenoxy) is 2. The Morgan fingerprint density at radius 2 is 1.77 bits per heavy atom. The van der Waals surface area contributed by atoms with Crippen LogP contribution >= 0.6 is 0 Å². The van der Waals surface area contributed by atoms with Crippen LogP contribution in [0.1, 0.15) is 37.3 Å². The molecule has 1 saturated heterocycles. The summed E-state index contributed by atoms with van der Waals surface area (Å²) < 4.78 is 11.1. The van der Waals surface area contributed by atoms with Gasteiger partial charge in [0.1, 0.15) is 12.6 Å². The van der Waals surface area contributed by atoms with Gasteiger partial charge in [-0.25, -0.2) is 9.59 Å². The van der Waals surface area contributed by atoms with Crippen molar-refractivity contribution < 1.29 is 29.0 Å². The average Bonchev–Trinajstić information content (AvgIpc) is 3.38. The SMILES string of the molecule is CC#CCC(NC(=O)C1(C)COCC1NC(=O)OCC1c2ccccc2-c2ccccc21)C(=O)O. The first kappa shape index (κ1) is 24.3. The summed E-state index contributed by atoms with van der Waals surface area (Å²) in [4.78, 5) is 37.2. The van der Waals surface area contributed by atoms with E-state index >= 15 is 0 Å². The molecule has 0 saturated carbocycles. The van der Waals surface area contributed by atoms with Crippen LogP contribution in [-0.2, 0) is 19.1 Å². The van der Waals surface area contributed by atoms with E-state index in [4.69, 9.17) is 9.47 Å². The van der Waals surface area contributed by atoms with Crippen molar-refractivity contribution in [2.75, 3.05) is 19.8 Å². The molecule has 1 aliphatic carbocycles. The highest BCUT2D eigenvalue weighted by Crippen LogP contribution is 2.44. The number of carbonyl (C=O) groups excluding carboxylic acids is 2. The molecule has 8 heteroatoms. The van der Waals surface area contributed by atoms with Crippen molar-refractivity contribution in [3.8, 4) is 23.0 Å². The fraction of sp³-hybridized carbons (Fsp3) is 0.370. The smallest absolute Gasteiger partial charge is 0.407 e. The van der Waals surface area contributed by atoms with Gasteiger partial charge in [0, 0.05) is 12.3 Å². The zero-order valence-corrected chi connectivity index (χ0v) is 19.7. The number of amides is 2. The van der Waals surface area contributed by atoms with Gasteiger partial charge in [0.2, 0.25) is 5.91 Å². The number of alkyl carbamates (subject to hydrolysis) is 1. The maximum absolute atomic E-state index is 13.0. The molecule has 182 valence electrons. The lowest BCUT2D eigenvalue weighted by Gasteiger charge is -2.29. The van der Waals surface area contributed by atoms with Crippen LogP contribution in [0.25, 0.3) is 11.1 Å². The molecule has 3 N–H and O–H groups in total.